The molecule has 0 aliphatic carbocycles. The summed E-state index contributed by atoms with van der Waals surface area (Å²) in [5, 5.41) is 0. The normalized spacial score (nSPS) is 9.06. The van der Waals surface area contributed by atoms with Gasteiger partial charge in [0.05, 0.1) is 0 Å². The molecule has 2 aromatic carbocycles. The van der Waals surface area contributed by atoms with Gasteiger partial charge in [-0.05, 0) is 18.4 Å². The van der Waals surface area contributed by atoms with Gasteiger partial charge < -0.3 is 0 Å². The number of unbranched alkanes of at least 4 members (excludes halogenated alkanes) is 1. The first kappa shape index (κ1) is 12.5. The van der Waals surface area contributed by atoms with Crippen LogP contribution in [0.15, 0.2) is 66.7 Å². The van der Waals surface area contributed by atoms with Crippen molar-refractivity contribution in [3.05, 3.63) is 72.3 Å². The van der Waals surface area contributed by atoms with Crippen LogP contribution in [0.2, 0.25) is 0 Å². The SMILES string of the molecule is CCCCc1ccccc1.c1ccccc1. The van der Waals surface area contributed by atoms with E-state index in [4.69, 9.17) is 0 Å². The molecular weight excluding hydrogens is 192 g/mol. The quantitative estimate of drug-likeness (QED) is 0.691. The van der Waals surface area contributed by atoms with E-state index < -0.39 is 0 Å². The summed E-state index contributed by atoms with van der Waals surface area (Å²) in [6, 6.07) is 22.6. The molecule has 0 bridgehead atoms. The maximum atomic E-state index is 2.23. The van der Waals surface area contributed by atoms with Crippen molar-refractivity contribution in [3.8, 4) is 0 Å². The topological polar surface area (TPSA) is 0 Å². The Morgan fingerprint density at radius 1 is 0.688 bits per heavy atom. The van der Waals surface area contributed by atoms with E-state index in [9.17, 15) is 0 Å². The van der Waals surface area contributed by atoms with Crippen molar-refractivity contribution in [2.45, 2.75) is 26.2 Å². The molecule has 0 radical (unpaired) electrons. The molecule has 0 aliphatic rings. The summed E-state index contributed by atoms with van der Waals surface area (Å²) in [4.78, 5) is 0. The molecule has 0 saturated carbocycles. The third-order valence-corrected chi connectivity index (χ3v) is 2.33. The number of hydrogen-bond acceptors (Lipinski definition) is 0. The second kappa shape index (κ2) is 8.72. The lowest BCUT2D eigenvalue weighted by Gasteiger charge is -1.96. The lowest BCUT2D eigenvalue weighted by molar-refractivity contribution is 0.795. The van der Waals surface area contributed by atoms with Gasteiger partial charge in [0.2, 0.25) is 0 Å². The van der Waals surface area contributed by atoms with E-state index >= 15 is 0 Å². The average Bonchev–Trinajstić information content (AvgIpc) is 2.40. The van der Waals surface area contributed by atoms with E-state index in [1.807, 2.05) is 36.4 Å². The van der Waals surface area contributed by atoms with Gasteiger partial charge in [0.15, 0.2) is 0 Å². The van der Waals surface area contributed by atoms with Gasteiger partial charge in [0.25, 0.3) is 0 Å². The Hall–Kier alpha value is -1.56. The van der Waals surface area contributed by atoms with Crippen LogP contribution in [0.3, 0.4) is 0 Å². The largest absolute Gasteiger partial charge is 0.0654 e. The van der Waals surface area contributed by atoms with E-state index in [0.29, 0.717) is 0 Å². The summed E-state index contributed by atoms with van der Waals surface area (Å²) >= 11 is 0. The molecule has 0 nitrogen and oxygen atoms in total. The Morgan fingerprint density at radius 2 is 1.12 bits per heavy atom. The number of rotatable bonds is 3. The second-order valence-electron chi connectivity index (χ2n) is 3.74. The third kappa shape index (κ3) is 6.02. The molecule has 84 valence electrons. The Balaban J connectivity index is 0.000000181. The van der Waals surface area contributed by atoms with Crippen molar-refractivity contribution < 1.29 is 0 Å². The van der Waals surface area contributed by atoms with Gasteiger partial charge in [-0.25, -0.2) is 0 Å². The Morgan fingerprint density at radius 3 is 1.56 bits per heavy atom. The van der Waals surface area contributed by atoms with Gasteiger partial charge in [-0.15, -0.1) is 0 Å². The number of benzene rings is 2. The van der Waals surface area contributed by atoms with E-state index in [0.717, 1.165) is 0 Å². The Kier molecular flexibility index (Phi) is 6.82. The molecule has 0 saturated heterocycles. The highest BCUT2D eigenvalue weighted by Gasteiger charge is 1.87. The van der Waals surface area contributed by atoms with Crippen molar-refractivity contribution in [2.24, 2.45) is 0 Å². The predicted octanol–water partition coefficient (Wildman–Crippen LogP) is 4.72. The van der Waals surface area contributed by atoms with Crippen LogP contribution in [-0.4, -0.2) is 0 Å². The van der Waals surface area contributed by atoms with E-state index in [1.54, 1.807) is 0 Å². The molecule has 16 heavy (non-hydrogen) atoms. The Bertz CT molecular complexity index is 310. The lowest BCUT2D eigenvalue weighted by atomic mass is 10.1. The summed E-state index contributed by atoms with van der Waals surface area (Å²) in [6.45, 7) is 2.23. The first-order valence-corrected chi connectivity index (χ1v) is 5.97. The zero-order valence-corrected chi connectivity index (χ0v) is 9.97. The molecule has 0 heteroatoms. The predicted molar refractivity (Wildman–Crippen MR) is 71.5 cm³/mol. The minimum absolute atomic E-state index is 1.23. The molecule has 0 heterocycles. The summed E-state index contributed by atoms with van der Waals surface area (Å²) in [7, 11) is 0. The van der Waals surface area contributed by atoms with Crippen molar-refractivity contribution in [2.75, 3.05) is 0 Å². The zero-order chi connectivity index (χ0) is 11.5. The fraction of sp³-hybridized carbons (Fsp3) is 0.250. The van der Waals surface area contributed by atoms with Gasteiger partial charge in [0, 0.05) is 0 Å². The minimum Gasteiger partial charge on any atom is -0.0654 e. The van der Waals surface area contributed by atoms with Crippen molar-refractivity contribution in [1.29, 1.82) is 0 Å². The molecular formula is C16H20. The maximum Gasteiger partial charge on any atom is -0.0279 e. The monoisotopic (exact) mass is 212 g/mol. The summed E-state index contributed by atoms with van der Waals surface area (Å²) in [6.07, 6.45) is 3.83. The molecule has 2 aromatic rings. The Labute approximate surface area is 99.0 Å². The summed E-state index contributed by atoms with van der Waals surface area (Å²) in [5.74, 6) is 0. The van der Waals surface area contributed by atoms with Gasteiger partial charge in [0.1, 0.15) is 0 Å². The van der Waals surface area contributed by atoms with E-state index in [2.05, 4.69) is 37.3 Å². The van der Waals surface area contributed by atoms with Crippen LogP contribution in [0.25, 0.3) is 0 Å². The molecule has 0 N–H and O–H groups in total. The molecule has 0 atom stereocenters. The molecule has 0 aliphatic heterocycles. The van der Waals surface area contributed by atoms with Crippen molar-refractivity contribution >= 4 is 0 Å². The molecule has 0 spiro atoms. The molecule has 0 aromatic heterocycles. The van der Waals surface area contributed by atoms with Crippen LogP contribution < -0.4 is 0 Å². The fourth-order valence-corrected chi connectivity index (χ4v) is 1.41. The first-order chi connectivity index (χ1) is 7.93. The lowest BCUT2D eigenvalue weighted by Crippen LogP contribution is -1.81. The van der Waals surface area contributed by atoms with Crippen LogP contribution in [0.1, 0.15) is 25.3 Å². The van der Waals surface area contributed by atoms with Gasteiger partial charge in [-0.3, -0.25) is 0 Å². The van der Waals surface area contributed by atoms with Gasteiger partial charge in [-0.2, -0.15) is 0 Å². The van der Waals surface area contributed by atoms with E-state index in [-0.39, 0.29) is 0 Å². The highest BCUT2D eigenvalue weighted by Crippen LogP contribution is 2.03. The average molecular weight is 212 g/mol. The van der Waals surface area contributed by atoms with Gasteiger partial charge in [-0.1, -0.05) is 80.1 Å². The molecule has 0 unspecified atom stereocenters. The second-order valence-corrected chi connectivity index (χ2v) is 3.74. The van der Waals surface area contributed by atoms with Crippen molar-refractivity contribution in [1.82, 2.24) is 0 Å². The highest BCUT2D eigenvalue weighted by molar-refractivity contribution is 5.14. The summed E-state index contributed by atoms with van der Waals surface area (Å²) in [5.41, 5.74) is 1.46. The standard InChI is InChI=1S/C10H14.C6H6/c1-2-3-7-10-8-5-4-6-9-10;1-2-4-6-5-3-1/h4-6,8-9H,2-3,7H2,1H3;1-6H. The number of hydrogen-bond donors (Lipinski definition) is 0. The molecule has 2 rings (SSSR count). The van der Waals surface area contributed by atoms with E-state index in [1.165, 1.54) is 24.8 Å². The van der Waals surface area contributed by atoms with Gasteiger partial charge >= 0.3 is 0 Å². The zero-order valence-electron chi connectivity index (χ0n) is 9.97. The first-order valence-electron chi connectivity index (χ1n) is 5.97. The fourth-order valence-electron chi connectivity index (χ4n) is 1.41. The van der Waals surface area contributed by atoms with Crippen LogP contribution >= 0.6 is 0 Å². The molecule has 0 amide bonds. The third-order valence-electron chi connectivity index (χ3n) is 2.33. The smallest absolute Gasteiger partial charge is 0.0279 e. The van der Waals surface area contributed by atoms with Crippen LogP contribution in [0.5, 0.6) is 0 Å². The highest BCUT2D eigenvalue weighted by atomic mass is 13.9. The van der Waals surface area contributed by atoms with Crippen LogP contribution in [-0.2, 0) is 6.42 Å². The van der Waals surface area contributed by atoms with Crippen LogP contribution in [0.4, 0.5) is 0 Å². The van der Waals surface area contributed by atoms with Crippen LogP contribution in [0, 0.1) is 0 Å². The van der Waals surface area contributed by atoms with Crippen molar-refractivity contribution in [3.63, 3.8) is 0 Å². The molecule has 0 fully saturated rings. The number of aryl methyl sites for hydroxylation is 1. The summed E-state index contributed by atoms with van der Waals surface area (Å²) < 4.78 is 0. The minimum atomic E-state index is 1.23. The maximum absolute atomic E-state index is 2.23.